The molecule has 0 unspecified atom stereocenters. The number of amides is 1. The van der Waals surface area contributed by atoms with Crippen LogP contribution >= 0.6 is 0 Å². The van der Waals surface area contributed by atoms with E-state index in [1.165, 1.54) is 30.4 Å². The monoisotopic (exact) mass is 348 g/mol. The Morgan fingerprint density at radius 2 is 1.83 bits per heavy atom. The van der Waals surface area contributed by atoms with Crippen LogP contribution in [-0.2, 0) is 21.4 Å². The first kappa shape index (κ1) is 18.0. The molecule has 0 radical (unpaired) electrons. The third-order valence-electron chi connectivity index (χ3n) is 3.42. The molecule has 0 heterocycles. The van der Waals surface area contributed by atoms with E-state index in [9.17, 15) is 13.2 Å². The minimum Gasteiger partial charge on any atom is -0.497 e. The van der Waals surface area contributed by atoms with E-state index in [2.05, 4.69) is 5.32 Å². The standard InChI is InChI=1S/C17H20N2O4S/c1-13(20)18-15-7-9-17(10-8-15)24(21,22)19(2)12-14-5-4-6-16(11-14)23-3/h4-11H,12H2,1-3H3,(H,18,20). The van der Waals surface area contributed by atoms with Gasteiger partial charge in [0.25, 0.3) is 0 Å². The zero-order chi connectivity index (χ0) is 17.7. The van der Waals surface area contributed by atoms with Crippen LogP contribution in [-0.4, -0.2) is 32.8 Å². The average molecular weight is 348 g/mol. The first-order valence-electron chi connectivity index (χ1n) is 7.30. The molecule has 0 aliphatic heterocycles. The first-order chi connectivity index (χ1) is 11.3. The fraction of sp³-hybridized carbons (Fsp3) is 0.235. The number of benzene rings is 2. The summed E-state index contributed by atoms with van der Waals surface area (Å²) in [5, 5.41) is 2.60. The molecule has 0 aromatic heterocycles. The van der Waals surface area contributed by atoms with Crippen molar-refractivity contribution >= 4 is 21.6 Å². The number of methoxy groups -OCH3 is 1. The van der Waals surface area contributed by atoms with Gasteiger partial charge in [-0.1, -0.05) is 12.1 Å². The molecule has 7 heteroatoms. The molecule has 0 fully saturated rings. The summed E-state index contributed by atoms with van der Waals surface area (Å²) >= 11 is 0. The van der Waals surface area contributed by atoms with Crippen molar-refractivity contribution in [1.29, 1.82) is 0 Å². The minimum atomic E-state index is -3.62. The van der Waals surface area contributed by atoms with Gasteiger partial charge in [0.05, 0.1) is 12.0 Å². The highest BCUT2D eigenvalue weighted by molar-refractivity contribution is 7.89. The molecule has 128 valence electrons. The van der Waals surface area contributed by atoms with Crippen molar-refractivity contribution < 1.29 is 17.9 Å². The van der Waals surface area contributed by atoms with Crippen LogP contribution in [0.2, 0.25) is 0 Å². The molecule has 0 saturated carbocycles. The molecule has 2 aromatic carbocycles. The average Bonchev–Trinajstić information content (AvgIpc) is 2.55. The second-order valence-corrected chi connectivity index (χ2v) is 7.36. The second kappa shape index (κ2) is 7.46. The summed E-state index contributed by atoms with van der Waals surface area (Å²) < 4.78 is 31.7. The number of ether oxygens (including phenoxy) is 1. The van der Waals surface area contributed by atoms with E-state index in [4.69, 9.17) is 4.74 Å². The zero-order valence-corrected chi connectivity index (χ0v) is 14.6. The maximum atomic E-state index is 12.6. The quantitative estimate of drug-likeness (QED) is 0.870. The van der Waals surface area contributed by atoms with Gasteiger partial charge in [0.2, 0.25) is 15.9 Å². The lowest BCUT2D eigenvalue weighted by atomic mass is 10.2. The topological polar surface area (TPSA) is 75.7 Å². The molecule has 0 aliphatic carbocycles. The number of hydrogen-bond acceptors (Lipinski definition) is 4. The van der Waals surface area contributed by atoms with E-state index in [-0.39, 0.29) is 17.3 Å². The van der Waals surface area contributed by atoms with Crippen LogP contribution in [0.25, 0.3) is 0 Å². The van der Waals surface area contributed by atoms with Gasteiger partial charge in [0.15, 0.2) is 0 Å². The highest BCUT2D eigenvalue weighted by Gasteiger charge is 2.21. The number of nitrogens with one attached hydrogen (secondary N) is 1. The van der Waals surface area contributed by atoms with E-state index in [1.54, 1.807) is 31.4 Å². The van der Waals surface area contributed by atoms with Crippen LogP contribution in [0.4, 0.5) is 5.69 Å². The second-order valence-electron chi connectivity index (χ2n) is 5.32. The van der Waals surface area contributed by atoms with Crippen molar-refractivity contribution in [2.45, 2.75) is 18.4 Å². The van der Waals surface area contributed by atoms with Gasteiger partial charge in [-0.05, 0) is 42.0 Å². The van der Waals surface area contributed by atoms with Gasteiger partial charge in [0.1, 0.15) is 5.75 Å². The van der Waals surface area contributed by atoms with Gasteiger partial charge in [-0.3, -0.25) is 4.79 Å². The Kier molecular flexibility index (Phi) is 5.58. The van der Waals surface area contributed by atoms with Crippen molar-refractivity contribution in [3.8, 4) is 5.75 Å². The Hall–Kier alpha value is -2.38. The molecule has 6 nitrogen and oxygen atoms in total. The number of anilines is 1. The maximum absolute atomic E-state index is 12.6. The Morgan fingerprint density at radius 1 is 1.17 bits per heavy atom. The predicted molar refractivity (Wildman–Crippen MR) is 92.4 cm³/mol. The SMILES string of the molecule is COc1cccc(CN(C)S(=O)(=O)c2ccc(NC(C)=O)cc2)c1. The Morgan fingerprint density at radius 3 is 2.42 bits per heavy atom. The van der Waals surface area contributed by atoms with Crippen molar-refractivity contribution in [3.63, 3.8) is 0 Å². The van der Waals surface area contributed by atoms with Crippen molar-refractivity contribution in [1.82, 2.24) is 4.31 Å². The van der Waals surface area contributed by atoms with Crippen molar-refractivity contribution in [2.24, 2.45) is 0 Å². The molecule has 2 aromatic rings. The number of hydrogen-bond donors (Lipinski definition) is 1. The molecule has 0 saturated heterocycles. The number of sulfonamides is 1. The van der Waals surface area contributed by atoms with E-state index >= 15 is 0 Å². The van der Waals surface area contributed by atoms with Gasteiger partial charge in [-0.25, -0.2) is 8.42 Å². The molecule has 24 heavy (non-hydrogen) atoms. The van der Waals surface area contributed by atoms with Gasteiger partial charge >= 0.3 is 0 Å². The molecule has 1 amide bonds. The lowest BCUT2D eigenvalue weighted by Gasteiger charge is -2.18. The summed E-state index contributed by atoms with van der Waals surface area (Å²) in [5.41, 5.74) is 1.38. The zero-order valence-electron chi connectivity index (χ0n) is 13.8. The Balaban J connectivity index is 2.17. The lowest BCUT2D eigenvalue weighted by Crippen LogP contribution is -2.26. The van der Waals surface area contributed by atoms with E-state index in [1.807, 2.05) is 12.1 Å². The van der Waals surface area contributed by atoms with Crippen LogP contribution in [0.1, 0.15) is 12.5 Å². The number of rotatable bonds is 6. The fourth-order valence-electron chi connectivity index (χ4n) is 2.21. The van der Waals surface area contributed by atoms with Crippen molar-refractivity contribution in [2.75, 3.05) is 19.5 Å². The molecular formula is C17H20N2O4S. The van der Waals surface area contributed by atoms with Crippen LogP contribution in [0.15, 0.2) is 53.4 Å². The molecular weight excluding hydrogens is 328 g/mol. The summed E-state index contributed by atoms with van der Waals surface area (Å²) in [6.07, 6.45) is 0. The summed E-state index contributed by atoms with van der Waals surface area (Å²) in [6.45, 7) is 1.62. The Bertz CT molecular complexity index is 817. The molecule has 0 aliphatic rings. The van der Waals surface area contributed by atoms with E-state index in [0.717, 1.165) is 5.56 Å². The summed E-state index contributed by atoms with van der Waals surface area (Å²) in [7, 11) is -0.532. The highest BCUT2D eigenvalue weighted by Crippen LogP contribution is 2.20. The summed E-state index contributed by atoms with van der Waals surface area (Å²) in [6, 6.07) is 13.3. The predicted octanol–water partition coefficient (Wildman–Crippen LogP) is 2.47. The van der Waals surface area contributed by atoms with Crippen LogP contribution in [0.5, 0.6) is 5.75 Å². The molecule has 1 N–H and O–H groups in total. The molecule has 0 bridgehead atoms. The fourth-order valence-corrected chi connectivity index (χ4v) is 3.37. The van der Waals surface area contributed by atoms with Gasteiger partial charge in [0, 0.05) is 26.2 Å². The third kappa shape index (κ3) is 4.33. The number of carbonyl (C=O) groups excluding carboxylic acids is 1. The van der Waals surface area contributed by atoms with Gasteiger partial charge in [-0.2, -0.15) is 4.31 Å². The largest absolute Gasteiger partial charge is 0.497 e. The summed E-state index contributed by atoms with van der Waals surface area (Å²) in [5.74, 6) is 0.471. The third-order valence-corrected chi connectivity index (χ3v) is 5.24. The Labute approximate surface area is 142 Å². The normalized spacial score (nSPS) is 11.3. The molecule has 2 rings (SSSR count). The van der Waals surface area contributed by atoms with E-state index < -0.39 is 10.0 Å². The molecule has 0 spiro atoms. The summed E-state index contributed by atoms with van der Waals surface area (Å²) in [4.78, 5) is 11.2. The van der Waals surface area contributed by atoms with E-state index in [0.29, 0.717) is 11.4 Å². The molecule has 0 atom stereocenters. The number of carbonyl (C=O) groups is 1. The maximum Gasteiger partial charge on any atom is 0.243 e. The van der Waals surface area contributed by atoms with Gasteiger partial charge < -0.3 is 10.1 Å². The lowest BCUT2D eigenvalue weighted by molar-refractivity contribution is -0.114. The van der Waals surface area contributed by atoms with Crippen molar-refractivity contribution in [3.05, 3.63) is 54.1 Å². The minimum absolute atomic E-state index is 0.169. The van der Waals surface area contributed by atoms with Crippen LogP contribution in [0.3, 0.4) is 0 Å². The number of nitrogens with zero attached hydrogens (tertiary/aromatic N) is 1. The smallest absolute Gasteiger partial charge is 0.243 e. The van der Waals surface area contributed by atoms with Gasteiger partial charge in [-0.15, -0.1) is 0 Å². The van der Waals surface area contributed by atoms with Crippen LogP contribution in [0, 0.1) is 0 Å². The first-order valence-corrected chi connectivity index (χ1v) is 8.74. The highest BCUT2D eigenvalue weighted by atomic mass is 32.2. The van der Waals surface area contributed by atoms with Crippen LogP contribution < -0.4 is 10.1 Å².